The number of carbonyl (C=O) groups is 1. The maximum atomic E-state index is 12.4. The van der Waals surface area contributed by atoms with Gasteiger partial charge in [0.1, 0.15) is 0 Å². The molecule has 1 aliphatic heterocycles. The fraction of sp³-hybridized carbons (Fsp3) is 0.267. The molecule has 3 rings (SSSR count). The number of carbonyl (C=O) groups excluding carboxylic acids is 1. The minimum atomic E-state index is 0.0216. The Morgan fingerprint density at radius 1 is 0.909 bits per heavy atom. The zero-order valence-electron chi connectivity index (χ0n) is 11.7. The van der Waals surface area contributed by atoms with Crippen molar-refractivity contribution in [1.82, 2.24) is 14.9 Å². The van der Waals surface area contributed by atoms with Gasteiger partial charge in [0.05, 0.1) is 17.4 Å². The van der Waals surface area contributed by atoms with E-state index in [1.165, 1.54) is 0 Å². The van der Waals surface area contributed by atoms with Crippen LogP contribution < -0.4 is 4.90 Å². The minimum Gasteiger partial charge on any atom is -0.337 e. The highest BCUT2D eigenvalue weighted by Gasteiger charge is 2.23. The van der Waals surface area contributed by atoms with Gasteiger partial charge in [0.25, 0.3) is 5.91 Å². The van der Waals surface area contributed by atoms with Gasteiger partial charge in [-0.15, -0.1) is 0 Å². The van der Waals surface area contributed by atoms with Crippen LogP contribution in [0.3, 0.4) is 0 Å². The summed E-state index contributed by atoms with van der Waals surface area (Å²) < 4.78 is 0. The summed E-state index contributed by atoms with van der Waals surface area (Å²) in [5, 5.41) is 1.14. The van der Waals surface area contributed by atoms with Crippen LogP contribution in [0.2, 0.25) is 10.0 Å². The molecule has 0 aliphatic carbocycles. The molecule has 0 unspecified atom stereocenters. The number of benzene rings is 1. The van der Waals surface area contributed by atoms with Crippen molar-refractivity contribution in [3.05, 3.63) is 52.3 Å². The fourth-order valence-corrected chi connectivity index (χ4v) is 2.58. The smallest absolute Gasteiger partial charge is 0.253 e. The molecule has 1 saturated heterocycles. The standard InChI is InChI=1S/C15H14Cl2N4O/c16-12-3-1-11(2-4-12)14(22)20-5-7-21(8-6-20)15-18-9-13(17)10-19-15/h1-4,9-10H,5-8H2. The summed E-state index contributed by atoms with van der Waals surface area (Å²) in [6.45, 7) is 2.66. The second-order valence-corrected chi connectivity index (χ2v) is 5.86. The van der Waals surface area contributed by atoms with Crippen molar-refractivity contribution < 1.29 is 4.79 Å². The van der Waals surface area contributed by atoms with Gasteiger partial charge in [0.2, 0.25) is 5.95 Å². The predicted octanol–water partition coefficient (Wildman–Crippen LogP) is 2.75. The van der Waals surface area contributed by atoms with Crippen molar-refractivity contribution in [3.8, 4) is 0 Å². The van der Waals surface area contributed by atoms with Crippen LogP contribution >= 0.6 is 23.2 Å². The summed E-state index contributed by atoms with van der Waals surface area (Å²) in [6, 6.07) is 6.96. The Kier molecular flexibility index (Phi) is 4.45. The summed E-state index contributed by atoms with van der Waals surface area (Å²) in [6.07, 6.45) is 3.16. The molecule has 2 heterocycles. The average Bonchev–Trinajstić information content (AvgIpc) is 2.56. The molecule has 1 amide bonds. The van der Waals surface area contributed by atoms with E-state index < -0.39 is 0 Å². The first-order valence-corrected chi connectivity index (χ1v) is 7.66. The van der Waals surface area contributed by atoms with Crippen LogP contribution in [-0.4, -0.2) is 47.0 Å². The molecule has 0 saturated carbocycles. The molecule has 1 aromatic heterocycles. The summed E-state index contributed by atoms with van der Waals surface area (Å²) >= 11 is 11.6. The zero-order valence-corrected chi connectivity index (χ0v) is 13.3. The third-order valence-electron chi connectivity index (χ3n) is 3.55. The molecule has 0 bridgehead atoms. The second-order valence-electron chi connectivity index (χ2n) is 4.99. The van der Waals surface area contributed by atoms with E-state index in [1.807, 2.05) is 9.80 Å². The van der Waals surface area contributed by atoms with Crippen molar-refractivity contribution in [1.29, 1.82) is 0 Å². The number of amides is 1. The van der Waals surface area contributed by atoms with E-state index in [9.17, 15) is 4.79 Å². The largest absolute Gasteiger partial charge is 0.337 e. The van der Waals surface area contributed by atoms with Crippen LogP contribution in [0, 0.1) is 0 Å². The van der Waals surface area contributed by atoms with Gasteiger partial charge in [-0.1, -0.05) is 23.2 Å². The number of halogens is 2. The lowest BCUT2D eigenvalue weighted by Gasteiger charge is -2.34. The van der Waals surface area contributed by atoms with Gasteiger partial charge < -0.3 is 9.80 Å². The predicted molar refractivity (Wildman–Crippen MR) is 86.6 cm³/mol. The fourth-order valence-electron chi connectivity index (χ4n) is 2.35. The van der Waals surface area contributed by atoms with Crippen LogP contribution in [0.4, 0.5) is 5.95 Å². The number of hydrogen-bond acceptors (Lipinski definition) is 4. The maximum absolute atomic E-state index is 12.4. The molecule has 1 fully saturated rings. The topological polar surface area (TPSA) is 49.3 Å². The van der Waals surface area contributed by atoms with Crippen molar-refractivity contribution >= 4 is 35.1 Å². The Morgan fingerprint density at radius 2 is 1.50 bits per heavy atom. The first kappa shape index (κ1) is 15.1. The summed E-state index contributed by atoms with van der Waals surface area (Å²) in [5.41, 5.74) is 0.653. The van der Waals surface area contributed by atoms with Gasteiger partial charge in [0, 0.05) is 36.8 Å². The molecule has 114 valence electrons. The SMILES string of the molecule is O=C(c1ccc(Cl)cc1)N1CCN(c2ncc(Cl)cn2)CC1. The molecule has 2 aromatic rings. The third-order valence-corrected chi connectivity index (χ3v) is 3.99. The van der Waals surface area contributed by atoms with Gasteiger partial charge >= 0.3 is 0 Å². The van der Waals surface area contributed by atoms with Gasteiger partial charge in [-0.3, -0.25) is 4.79 Å². The number of piperazine rings is 1. The van der Waals surface area contributed by atoms with Gasteiger partial charge in [-0.05, 0) is 24.3 Å². The van der Waals surface area contributed by atoms with E-state index in [0.29, 0.717) is 47.7 Å². The maximum Gasteiger partial charge on any atom is 0.253 e. The van der Waals surface area contributed by atoms with Crippen molar-refractivity contribution in [2.24, 2.45) is 0 Å². The first-order chi connectivity index (χ1) is 10.6. The number of anilines is 1. The molecule has 7 heteroatoms. The molecular formula is C15H14Cl2N4O. The highest BCUT2D eigenvalue weighted by Crippen LogP contribution is 2.16. The number of hydrogen-bond donors (Lipinski definition) is 0. The molecule has 1 aromatic carbocycles. The molecule has 22 heavy (non-hydrogen) atoms. The van der Waals surface area contributed by atoms with E-state index in [2.05, 4.69) is 9.97 Å². The normalized spacial score (nSPS) is 15.0. The summed E-state index contributed by atoms with van der Waals surface area (Å²) in [5.74, 6) is 0.663. The molecular weight excluding hydrogens is 323 g/mol. The number of nitrogens with zero attached hydrogens (tertiary/aromatic N) is 4. The Morgan fingerprint density at radius 3 is 2.09 bits per heavy atom. The highest BCUT2D eigenvalue weighted by molar-refractivity contribution is 6.30. The van der Waals surface area contributed by atoms with Crippen molar-refractivity contribution in [2.45, 2.75) is 0 Å². The van der Waals surface area contributed by atoms with E-state index in [0.717, 1.165) is 0 Å². The lowest BCUT2D eigenvalue weighted by atomic mass is 10.2. The highest BCUT2D eigenvalue weighted by atomic mass is 35.5. The number of rotatable bonds is 2. The van der Waals surface area contributed by atoms with Crippen LogP contribution in [0.25, 0.3) is 0 Å². The zero-order chi connectivity index (χ0) is 15.5. The quantitative estimate of drug-likeness (QED) is 0.846. The van der Waals surface area contributed by atoms with Gasteiger partial charge in [-0.25, -0.2) is 9.97 Å². The van der Waals surface area contributed by atoms with E-state index in [1.54, 1.807) is 36.7 Å². The van der Waals surface area contributed by atoms with Crippen LogP contribution in [0.5, 0.6) is 0 Å². The average molecular weight is 337 g/mol. The molecule has 0 spiro atoms. The third kappa shape index (κ3) is 3.31. The monoisotopic (exact) mass is 336 g/mol. The first-order valence-electron chi connectivity index (χ1n) is 6.91. The lowest BCUT2D eigenvalue weighted by molar-refractivity contribution is 0.0746. The van der Waals surface area contributed by atoms with Crippen molar-refractivity contribution in [2.75, 3.05) is 31.1 Å². The van der Waals surface area contributed by atoms with Gasteiger partial charge in [0.15, 0.2) is 0 Å². The molecule has 0 N–H and O–H groups in total. The Hall–Kier alpha value is -1.85. The number of aromatic nitrogens is 2. The molecule has 0 radical (unpaired) electrons. The molecule has 0 atom stereocenters. The summed E-state index contributed by atoms with van der Waals surface area (Å²) in [4.78, 5) is 24.7. The van der Waals surface area contributed by atoms with E-state index >= 15 is 0 Å². The second kappa shape index (κ2) is 6.50. The minimum absolute atomic E-state index is 0.0216. The van der Waals surface area contributed by atoms with Gasteiger partial charge in [-0.2, -0.15) is 0 Å². The van der Waals surface area contributed by atoms with E-state index in [4.69, 9.17) is 23.2 Å². The molecule has 1 aliphatic rings. The van der Waals surface area contributed by atoms with E-state index in [-0.39, 0.29) is 5.91 Å². The summed E-state index contributed by atoms with van der Waals surface area (Å²) in [7, 11) is 0. The lowest BCUT2D eigenvalue weighted by Crippen LogP contribution is -2.49. The van der Waals surface area contributed by atoms with Crippen molar-refractivity contribution in [3.63, 3.8) is 0 Å². The Labute approximate surface area is 138 Å². The van der Waals surface area contributed by atoms with Crippen LogP contribution in [-0.2, 0) is 0 Å². The van der Waals surface area contributed by atoms with Crippen LogP contribution in [0.1, 0.15) is 10.4 Å². The Bertz CT molecular complexity index is 652. The Balaban J connectivity index is 1.62. The molecule has 5 nitrogen and oxygen atoms in total. The van der Waals surface area contributed by atoms with Crippen LogP contribution in [0.15, 0.2) is 36.7 Å².